The van der Waals surface area contributed by atoms with E-state index in [0.29, 0.717) is 25.1 Å². The molecular formula is C10H12N2O3. The Hall–Kier alpha value is -1.65. The Labute approximate surface area is 87.0 Å². The Morgan fingerprint density at radius 2 is 1.87 bits per heavy atom. The van der Waals surface area contributed by atoms with Gasteiger partial charge in [-0.2, -0.15) is 0 Å². The molecule has 1 aromatic rings. The molecule has 1 aliphatic heterocycles. The second kappa shape index (κ2) is 3.49. The van der Waals surface area contributed by atoms with Crippen molar-refractivity contribution in [3.05, 3.63) is 17.0 Å². The van der Waals surface area contributed by atoms with Crippen molar-refractivity contribution in [2.75, 3.05) is 0 Å². The number of aryl methyl sites for hydroxylation is 2. The standard InChI is InChI=1S/C10H12N2O3/c1-6-8(7(2)15-11-6)5-12-9(13)3-4-10(12)14/h3-5H2,1-2H3. The molecule has 0 unspecified atom stereocenters. The van der Waals surface area contributed by atoms with Gasteiger partial charge in [0.1, 0.15) is 5.76 Å². The lowest BCUT2D eigenvalue weighted by Gasteiger charge is -2.12. The molecule has 2 heterocycles. The van der Waals surface area contributed by atoms with E-state index >= 15 is 0 Å². The van der Waals surface area contributed by atoms with Gasteiger partial charge in [-0.1, -0.05) is 5.16 Å². The molecule has 0 atom stereocenters. The number of amides is 2. The van der Waals surface area contributed by atoms with Crippen LogP contribution in [-0.4, -0.2) is 21.9 Å². The first-order valence-corrected chi connectivity index (χ1v) is 4.84. The third-order valence-corrected chi connectivity index (χ3v) is 2.65. The minimum Gasteiger partial charge on any atom is -0.361 e. The Balaban J connectivity index is 2.22. The van der Waals surface area contributed by atoms with E-state index in [2.05, 4.69) is 5.16 Å². The maximum atomic E-state index is 11.4. The van der Waals surface area contributed by atoms with E-state index in [1.54, 1.807) is 13.8 Å². The van der Waals surface area contributed by atoms with E-state index in [1.807, 2.05) is 0 Å². The lowest BCUT2D eigenvalue weighted by molar-refractivity contribution is -0.139. The van der Waals surface area contributed by atoms with Crippen LogP contribution in [0, 0.1) is 13.8 Å². The number of carbonyl (C=O) groups is 2. The highest BCUT2D eigenvalue weighted by Gasteiger charge is 2.30. The second-order valence-corrected chi connectivity index (χ2v) is 3.68. The summed E-state index contributed by atoms with van der Waals surface area (Å²) in [6.45, 7) is 3.87. The molecule has 2 rings (SSSR count). The van der Waals surface area contributed by atoms with Crippen molar-refractivity contribution < 1.29 is 14.1 Å². The number of nitrogens with zero attached hydrogens (tertiary/aromatic N) is 2. The van der Waals surface area contributed by atoms with Crippen LogP contribution in [0.4, 0.5) is 0 Å². The Morgan fingerprint density at radius 1 is 1.27 bits per heavy atom. The van der Waals surface area contributed by atoms with E-state index in [4.69, 9.17) is 4.52 Å². The van der Waals surface area contributed by atoms with Gasteiger partial charge in [-0.3, -0.25) is 14.5 Å². The third-order valence-electron chi connectivity index (χ3n) is 2.65. The molecular weight excluding hydrogens is 196 g/mol. The zero-order chi connectivity index (χ0) is 11.0. The fourth-order valence-corrected chi connectivity index (χ4v) is 1.68. The van der Waals surface area contributed by atoms with Crippen molar-refractivity contribution in [1.29, 1.82) is 0 Å². The summed E-state index contributed by atoms with van der Waals surface area (Å²) in [7, 11) is 0. The summed E-state index contributed by atoms with van der Waals surface area (Å²) < 4.78 is 4.98. The molecule has 0 saturated carbocycles. The number of hydrogen-bond acceptors (Lipinski definition) is 4. The van der Waals surface area contributed by atoms with Gasteiger partial charge in [-0.05, 0) is 13.8 Å². The predicted molar refractivity (Wildman–Crippen MR) is 50.8 cm³/mol. The number of likely N-dealkylation sites (tertiary alicyclic amines) is 1. The zero-order valence-electron chi connectivity index (χ0n) is 8.74. The largest absolute Gasteiger partial charge is 0.361 e. The van der Waals surface area contributed by atoms with E-state index in [0.717, 1.165) is 11.3 Å². The lowest BCUT2D eigenvalue weighted by atomic mass is 10.2. The van der Waals surface area contributed by atoms with Crippen LogP contribution in [0.25, 0.3) is 0 Å². The average Bonchev–Trinajstić information content (AvgIpc) is 2.67. The van der Waals surface area contributed by atoms with Crippen LogP contribution < -0.4 is 0 Å². The molecule has 2 amide bonds. The minimum atomic E-state index is -0.111. The van der Waals surface area contributed by atoms with Crippen molar-refractivity contribution in [2.45, 2.75) is 33.2 Å². The first kappa shape index (κ1) is 9.89. The van der Waals surface area contributed by atoms with Crippen LogP contribution in [0.15, 0.2) is 4.52 Å². The van der Waals surface area contributed by atoms with Crippen molar-refractivity contribution in [2.24, 2.45) is 0 Å². The number of aromatic nitrogens is 1. The predicted octanol–water partition coefficient (Wildman–Crippen LogP) is 0.940. The smallest absolute Gasteiger partial charge is 0.230 e. The fraction of sp³-hybridized carbons (Fsp3) is 0.500. The number of hydrogen-bond donors (Lipinski definition) is 0. The highest BCUT2D eigenvalue weighted by molar-refractivity contribution is 6.01. The molecule has 5 heteroatoms. The molecule has 1 fully saturated rings. The van der Waals surface area contributed by atoms with E-state index in [-0.39, 0.29) is 11.8 Å². The minimum absolute atomic E-state index is 0.111. The first-order valence-electron chi connectivity index (χ1n) is 4.84. The van der Waals surface area contributed by atoms with Gasteiger partial charge in [-0.15, -0.1) is 0 Å². The first-order chi connectivity index (χ1) is 7.09. The van der Waals surface area contributed by atoms with Gasteiger partial charge in [0.25, 0.3) is 0 Å². The summed E-state index contributed by atoms with van der Waals surface area (Å²) in [6, 6.07) is 0. The second-order valence-electron chi connectivity index (χ2n) is 3.68. The molecule has 0 aromatic carbocycles. The molecule has 0 radical (unpaired) electrons. The molecule has 0 spiro atoms. The summed E-state index contributed by atoms with van der Waals surface area (Å²) in [5, 5.41) is 3.78. The van der Waals surface area contributed by atoms with Crippen LogP contribution in [0.2, 0.25) is 0 Å². The summed E-state index contributed by atoms with van der Waals surface area (Å²) in [5.41, 5.74) is 1.57. The van der Waals surface area contributed by atoms with Crippen LogP contribution in [0.5, 0.6) is 0 Å². The zero-order valence-corrected chi connectivity index (χ0v) is 8.74. The van der Waals surface area contributed by atoms with Crippen LogP contribution in [0.1, 0.15) is 29.9 Å². The van der Waals surface area contributed by atoms with Gasteiger partial charge in [0.2, 0.25) is 11.8 Å². The fourth-order valence-electron chi connectivity index (χ4n) is 1.68. The van der Waals surface area contributed by atoms with Crippen molar-refractivity contribution in [1.82, 2.24) is 10.1 Å². The lowest BCUT2D eigenvalue weighted by Crippen LogP contribution is -2.28. The Bertz CT molecular complexity index is 387. The molecule has 0 bridgehead atoms. The van der Waals surface area contributed by atoms with Gasteiger partial charge in [-0.25, -0.2) is 0 Å². The molecule has 1 aromatic heterocycles. The van der Waals surface area contributed by atoms with Crippen molar-refractivity contribution in [3.63, 3.8) is 0 Å². The monoisotopic (exact) mass is 208 g/mol. The maximum Gasteiger partial charge on any atom is 0.230 e. The maximum absolute atomic E-state index is 11.4. The molecule has 5 nitrogen and oxygen atoms in total. The molecule has 0 aliphatic carbocycles. The highest BCUT2D eigenvalue weighted by atomic mass is 16.5. The van der Waals surface area contributed by atoms with E-state index in [9.17, 15) is 9.59 Å². The molecule has 80 valence electrons. The average molecular weight is 208 g/mol. The van der Waals surface area contributed by atoms with Crippen molar-refractivity contribution >= 4 is 11.8 Å². The SMILES string of the molecule is Cc1noc(C)c1CN1C(=O)CCC1=O. The van der Waals surface area contributed by atoms with Gasteiger partial charge in [0, 0.05) is 18.4 Å². The summed E-state index contributed by atoms with van der Waals surface area (Å²) >= 11 is 0. The Kier molecular flexibility index (Phi) is 2.30. The quantitative estimate of drug-likeness (QED) is 0.678. The molecule has 0 N–H and O–H groups in total. The van der Waals surface area contributed by atoms with Gasteiger partial charge < -0.3 is 4.52 Å². The van der Waals surface area contributed by atoms with Gasteiger partial charge in [0.15, 0.2) is 0 Å². The van der Waals surface area contributed by atoms with Gasteiger partial charge in [0.05, 0.1) is 12.2 Å². The molecule has 1 saturated heterocycles. The van der Waals surface area contributed by atoms with E-state index in [1.165, 1.54) is 4.90 Å². The number of imide groups is 1. The highest BCUT2D eigenvalue weighted by Crippen LogP contribution is 2.19. The van der Waals surface area contributed by atoms with E-state index < -0.39 is 0 Å². The summed E-state index contributed by atoms with van der Waals surface area (Å²) in [4.78, 5) is 24.0. The third kappa shape index (κ3) is 1.65. The summed E-state index contributed by atoms with van der Waals surface area (Å²) in [5.74, 6) is 0.444. The summed E-state index contributed by atoms with van der Waals surface area (Å²) in [6.07, 6.45) is 0.643. The Morgan fingerprint density at radius 3 is 2.33 bits per heavy atom. The van der Waals surface area contributed by atoms with Crippen LogP contribution in [-0.2, 0) is 16.1 Å². The van der Waals surface area contributed by atoms with Gasteiger partial charge >= 0.3 is 0 Å². The topological polar surface area (TPSA) is 63.4 Å². The van der Waals surface area contributed by atoms with Crippen LogP contribution >= 0.6 is 0 Å². The number of carbonyl (C=O) groups excluding carboxylic acids is 2. The normalized spacial score (nSPS) is 16.5. The number of rotatable bonds is 2. The van der Waals surface area contributed by atoms with Crippen molar-refractivity contribution in [3.8, 4) is 0 Å². The van der Waals surface area contributed by atoms with Crippen LogP contribution in [0.3, 0.4) is 0 Å². The molecule has 15 heavy (non-hydrogen) atoms. The molecule has 1 aliphatic rings.